The minimum atomic E-state index is -4.05. The molecule has 0 unspecified atom stereocenters. The molecule has 0 saturated heterocycles. The number of pyridine rings is 1. The van der Waals surface area contributed by atoms with E-state index in [1.54, 1.807) is 11.4 Å². The van der Waals surface area contributed by atoms with Gasteiger partial charge in [0.15, 0.2) is 4.21 Å². The SMILES string of the molecule is O=[N+]([O-])c1ncccc1OS(=O)(=O)c1cccs1. The van der Waals surface area contributed by atoms with E-state index in [4.69, 9.17) is 4.18 Å². The van der Waals surface area contributed by atoms with E-state index in [0.29, 0.717) is 0 Å². The van der Waals surface area contributed by atoms with Crippen molar-refractivity contribution in [2.24, 2.45) is 0 Å². The molecule has 0 N–H and O–H groups in total. The van der Waals surface area contributed by atoms with Crippen LogP contribution in [-0.2, 0) is 10.1 Å². The molecule has 18 heavy (non-hydrogen) atoms. The van der Waals surface area contributed by atoms with Crippen molar-refractivity contribution in [3.8, 4) is 5.75 Å². The van der Waals surface area contributed by atoms with E-state index in [1.807, 2.05) is 0 Å². The quantitative estimate of drug-likeness (QED) is 0.483. The third-order valence-corrected chi connectivity index (χ3v) is 4.46. The van der Waals surface area contributed by atoms with Crippen molar-refractivity contribution in [2.45, 2.75) is 4.21 Å². The zero-order valence-electron chi connectivity index (χ0n) is 8.72. The highest BCUT2D eigenvalue weighted by molar-refractivity contribution is 7.89. The number of hydrogen-bond donors (Lipinski definition) is 0. The zero-order chi connectivity index (χ0) is 13.2. The Morgan fingerprint density at radius 1 is 1.33 bits per heavy atom. The number of thiophene rings is 1. The predicted molar refractivity (Wildman–Crippen MR) is 63.0 cm³/mol. The second-order valence-electron chi connectivity index (χ2n) is 3.05. The summed E-state index contributed by atoms with van der Waals surface area (Å²) in [6, 6.07) is 5.42. The van der Waals surface area contributed by atoms with Crippen molar-refractivity contribution in [2.75, 3.05) is 0 Å². The van der Waals surface area contributed by atoms with E-state index in [0.717, 1.165) is 11.3 Å². The van der Waals surface area contributed by atoms with Gasteiger partial charge in [-0.1, -0.05) is 6.07 Å². The van der Waals surface area contributed by atoms with Gasteiger partial charge in [0.25, 0.3) is 0 Å². The molecule has 2 rings (SSSR count). The fraction of sp³-hybridized carbons (Fsp3) is 0. The van der Waals surface area contributed by atoms with Crippen molar-refractivity contribution in [1.29, 1.82) is 0 Å². The Hall–Kier alpha value is -2.00. The normalized spacial score (nSPS) is 11.1. The first-order valence-corrected chi connectivity index (χ1v) is 6.87. The molecule has 0 aliphatic heterocycles. The van der Waals surface area contributed by atoms with Gasteiger partial charge >= 0.3 is 15.9 Å². The van der Waals surface area contributed by atoms with E-state index in [9.17, 15) is 18.5 Å². The third kappa shape index (κ3) is 2.46. The van der Waals surface area contributed by atoms with Crippen molar-refractivity contribution in [3.05, 3.63) is 46.0 Å². The van der Waals surface area contributed by atoms with Crippen molar-refractivity contribution < 1.29 is 17.5 Å². The van der Waals surface area contributed by atoms with Crippen LogP contribution in [0.4, 0.5) is 5.82 Å². The van der Waals surface area contributed by atoms with Gasteiger partial charge in [-0.15, -0.1) is 11.3 Å². The summed E-state index contributed by atoms with van der Waals surface area (Å²) in [5.41, 5.74) is 0. The summed E-state index contributed by atoms with van der Waals surface area (Å²) in [6.07, 6.45) is 1.18. The molecule has 0 aromatic carbocycles. The molecule has 0 saturated carbocycles. The van der Waals surface area contributed by atoms with Crippen LogP contribution in [0.1, 0.15) is 0 Å². The lowest BCUT2D eigenvalue weighted by Gasteiger charge is -2.04. The summed E-state index contributed by atoms with van der Waals surface area (Å²) in [7, 11) is -4.05. The molecule has 2 aromatic heterocycles. The van der Waals surface area contributed by atoms with Crippen LogP contribution in [0.3, 0.4) is 0 Å². The number of hydrogen-bond acceptors (Lipinski definition) is 7. The van der Waals surface area contributed by atoms with Gasteiger partial charge in [-0.3, -0.25) is 0 Å². The zero-order valence-corrected chi connectivity index (χ0v) is 10.3. The van der Waals surface area contributed by atoms with E-state index in [1.165, 1.54) is 24.4 Å². The Bertz CT molecular complexity index is 666. The Morgan fingerprint density at radius 3 is 2.72 bits per heavy atom. The van der Waals surface area contributed by atoms with Crippen LogP contribution >= 0.6 is 11.3 Å². The molecule has 7 nitrogen and oxygen atoms in total. The highest BCUT2D eigenvalue weighted by Crippen LogP contribution is 2.28. The average molecular weight is 286 g/mol. The minimum Gasteiger partial charge on any atom is -0.369 e. The maximum Gasteiger partial charge on any atom is 0.407 e. The Kier molecular flexibility index (Phi) is 3.26. The maximum absolute atomic E-state index is 11.8. The smallest absolute Gasteiger partial charge is 0.369 e. The maximum atomic E-state index is 11.8. The molecule has 0 spiro atoms. The van der Waals surface area contributed by atoms with Crippen molar-refractivity contribution >= 4 is 27.3 Å². The summed E-state index contributed by atoms with van der Waals surface area (Å²) in [6.45, 7) is 0. The van der Waals surface area contributed by atoms with Crippen LogP contribution < -0.4 is 4.18 Å². The van der Waals surface area contributed by atoms with E-state index in [-0.39, 0.29) is 4.21 Å². The second kappa shape index (κ2) is 4.70. The summed E-state index contributed by atoms with van der Waals surface area (Å²) in [5, 5.41) is 12.2. The van der Waals surface area contributed by atoms with Gasteiger partial charge in [-0.05, 0) is 33.5 Å². The van der Waals surface area contributed by atoms with E-state index in [2.05, 4.69) is 4.98 Å². The Labute approximate surface area is 106 Å². The van der Waals surface area contributed by atoms with Gasteiger partial charge in [0, 0.05) is 0 Å². The summed E-state index contributed by atoms with van der Waals surface area (Å²) >= 11 is 0.960. The molecule has 0 radical (unpaired) electrons. The standard InChI is InChI=1S/C9H6N2O5S2/c12-11(13)9-7(3-1-5-10-9)16-18(14,15)8-4-2-6-17-8/h1-6H. The van der Waals surface area contributed by atoms with Gasteiger partial charge in [0.2, 0.25) is 5.75 Å². The van der Waals surface area contributed by atoms with Crippen LogP contribution in [0.5, 0.6) is 5.75 Å². The van der Waals surface area contributed by atoms with Crippen LogP contribution in [0.15, 0.2) is 40.1 Å². The molecule has 2 aromatic rings. The van der Waals surface area contributed by atoms with E-state index >= 15 is 0 Å². The monoisotopic (exact) mass is 286 g/mol. The first kappa shape index (κ1) is 12.5. The molecule has 0 aliphatic carbocycles. The van der Waals surface area contributed by atoms with Gasteiger partial charge in [0.1, 0.15) is 6.20 Å². The summed E-state index contributed by atoms with van der Waals surface area (Å²) in [4.78, 5) is 13.3. The highest BCUT2D eigenvalue weighted by atomic mass is 32.3. The highest BCUT2D eigenvalue weighted by Gasteiger charge is 2.24. The van der Waals surface area contributed by atoms with Crippen LogP contribution in [0.25, 0.3) is 0 Å². The van der Waals surface area contributed by atoms with Crippen molar-refractivity contribution in [3.63, 3.8) is 0 Å². The van der Waals surface area contributed by atoms with Gasteiger partial charge < -0.3 is 14.3 Å². The van der Waals surface area contributed by atoms with Gasteiger partial charge in [-0.25, -0.2) is 0 Å². The lowest BCUT2D eigenvalue weighted by molar-refractivity contribution is -0.390. The Morgan fingerprint density at radius 2 is 2.11 bits per heavy atom. The molecular formula is C9H6N2O5S2. The second-order valence-corrected chi connectivity index (χ2v) is 5.77. The predicted octanol–water partition coefficient (Wildman–Crippen LogP) is 1.82. The fourth-order valence-corrected chi connectivity index (χ4v) is 3.03. The first-order valence-electron chi connectivity index (χ1n) is 4.58. The van der Waals surface area contributed by atoms with E-state index < -0.39 is 26.6 Å². The molecule has 2 heterocycles. The number of nitrogens with zero attached hydrogens (tertiary/aromatic N) is 2. The minimum absolute atomic E-state index is 0.0272. The average Bonchev–Trinajstić information content (AvgIpc) is 2.83. The molecule has 0 aliphatic rings. The molecule has 94 valence electrons. The van der Waals surface area contributed by atoms with Gasteiger partial charge in [0.05, 0.1) is 0 Å². The van der Waals surface area contributed by atoms with Crippen LogP contribution in [0, 0.1) is 10.1 Å². The number of nitro groups is 1. The largest absolute Gasteiger partial charge is 0.407 e. The lowest BCUT2D eigenvalue weighted by atomic mass is 10.4. The molecule has 0 fully saturated rings. The Balaban J connectivity index is 2.39. The van der Waals surface area contributed by atoms with Crippen molar-refractivity contribution in [1.82, 2.24) is 4.98 Å². The summed E-state index contributed by atoms with van der Waals surface area (Å²) < 4.78 is 28.2. The number of aromatic nitrogens is 1. The molecular weight excluding hydrogens is 280 g/mol. The summed E-state index contributed by atoms with van der Waals surface area (Å²) in [5.74, 6) is -1.05. The number of rotatable bonds is 4. The molecule has 9 heteroatoms. The van der Waals surface area contributed by atoms with Crippen LogP contribution in [0.2, 0.25) is 0 Å². The van der Waals surface area contributed by atoms with Gasteiger partial charge in [-0.2, -0.15) is 8.42 Å². The topological polar surface area (TPSA) is 99.4 Å². The first-order chi connectivity index (χ1) is 8.50. The lowest BCUT2D eigenvalue weighted by Crippen LogP contribution is -2.09. The fourth-order valence-electron chi connectivity index (χ4n) is 1.15. The molecule has 0 atom stereocenters. The molecule has 0 bridgehead atoms. The van der Waals surface area contributed by atoms with Crippen LogP contribution in [-0.4, -0.2) is 18.3 Å². The third-order valence-electron chi connectivity index (χ3n) is 1.86. The molecule has 0 amide bonds.